The SMILES string of the molecule is CCCCCCCCCCCCCCC(=O)OC[C@H](COP(=O)(O)OC[C@@H](O)COP(=O)(O)OC[C@@H](COC(=O)CCCCCCCCC(C)C)OC(=O)CCCCCCCCCCC(C)C)OC(=O)CCCCCCCCCCCCCCCCCCC(C)C. The third kappa shape index (κ3) is 66.5. The highest BCUT2D eigenvalue weighted by Crippen LogP contribution is 2.45. The Hall–Kier alpha value is -1.94. The number of carbonyl (C=O) groups is 4. The number of hydrogen-bond donors (Lipinski definition) is 3. The zero-order valence-corrected chi connectivity index (χ0v) is 61.1. The van der Waals surface area contributed by atoms with Crippen LogP contribution in [0.4, 0.5) is 0 Å². The number of phosphoric ester groups is 2. The van der Waals surface area contributed by atoms with Crippen molar-refractivity contribution in [1.29, 1.82) is 0 Å². The lowest BCUT2D eigenvalue weighted by molar-refractivity contribution is -0.161. The molecule has 0 saturated heterocycles. The van der Waals surface area contributed by atoms with Crippen LogP contribution in [0.2, 0.25) is 0 Å². The average Bonchev–Trinajstić information content (AvgIpc) is 3.72. The summed E-state index contributed by atoms with van der Waals surface area (Å²) in [6.45, 7) is 11.8. The molecular weight excluding hydrogens is 1200 g/mol. The Balaban J connectivity index is 5.21. The first kappa shape index (κ1) is 89.1. The Morgan fingerprint density at radius 1 is 0.297 bits per heavy atom. The number of esters is 4. The zero-order valence-electron chi connectivity index (χ0n) is 59.3. The molecule has 2 unspecified atom stereocenters. The summed E-state index contributed by atoms with van der Waals surface area (Å²) in [5.41, 5.74) is 0. The third-order valence-electron chi connectivity index (χ3n) is 16.6. The van der Waals surface area contributed by atoms with Crippen molar-refractivity contribution in [3.8, 4) is 0 Å². The third-order valence-corrected chi connectivity index (χ3v) is 18.5. The lowest BCUT2D eigenvalue weighted by atomic mass is 10.0. The van der Waals surface area contributed by atoms with E-state index < -0.39 is 97.5 Å². The van der Waals surface area contributed by atoms with Gasteiger partial charge in [-0.2, -0.15) is 0 Å². The summed E-state index contributed by atoms with van der Waals surface area (Å²) in [6, 6.07) is 0. The van der Waals surface area contributed by atoms with Crippen molar-refractivity contribution >= 4 is 39.5 Å². The normalized spacial score (nSPS) is 14.2. The minimum atomic E-state index is -4.95. The summed E-state index contributed by atoms with van der Waals surface area (Å²) in [5, 5.41) is 10.6. The van der Waals surface area contributed by atoms with Gasteiger partial charge in [0, 0.05) is 25.7 Å². The highest BCUT2D eigenvalue weighted by atomic mass is 31.2. The molecule has 0 aliphatic carbocycles. The number of rotatable bonds is 70. The predicted molar refractivity (Wildman–Crippen MR) is 368 cm³/mol. The van der Waals surface area contributed by atoms with Crippen molar-refractivity contribution in [3.63, 3.8) is 0 Å². The van der Waals surface area contributed by atoms with E-state index in [-0.39, 0.29) is 25.7 Å². The smallest absolute Gasteiger partial charge is 0.462 e. The number of aliphatic hydroxyl groups is 1. The zero-order chi connectivity index (χ0) is 67.3. The van der Waals surface area contributed by atoms with E-state index in [1.807, 2.05) is 0 Å². The Morgan fingerprint density at radius 3 is 0.747 bits per heavy atom. The fraction of sp³-hybridized carbons (Fsp3) is 0.944. The Labute approximate surface area is 556 Å². The molecule has 0 rings (SSSR count). The van der Waals surface area contributed by atoms with E-state index in [0.717, 1.165) is 108 Å². The van der Waals surface area contributed by atoms with E-state index in [9.17, 15) is 43.2 Å². The Bertz CT molecular complexity index is 1780. The molecule has 0 radical (unpaired) electrons. The maximum Gasteiger partial charge on any atom is 0.472 e. The molecule has 0 aromatic rings. The fourth-order valence-corrected chi connectivity index (χ4v) is 12.5. The predicted octanol–water partition coefficient (Wildman–Crippen LogP) is 20.6. The first-order chi connectivity index (χ1) is 43.7. The van der Waals surface area contributed by atoms with Crippen LogP contribution in [0, 0.1) is 17.8 Å². The molecular formula is C72H140O17P2. The summed E-state index contributed by atoms with van der Waals surface area (Å²) < 4.78 is 68.3. The van der Waals surface area contributed by atoms with Crippen molar-refractivity contribution in [1.82, 2.24) is 0 Å². The second-order valence-corrected chi connectivity index (χ2v) is 30.3. The molecule has 0 aliphatic heterocycles. The van der Waals surface area contributed by atoms with Gasteiger partial charge in [0.2, 0.25) is 0 Å². The minimum Gasteiger partial charge on any atom is -0.462 e. The molecule has 540 valence electrons. The number of carbonyl (C=O) groups excluding carboxylic acids is 4. The van der Waals surface area contributed by atoms with Gasteiger partial charge < -0.3 is 33.8 Å². The molecule has 0 amide bonds. The second kappa shape index (κ2) is 62.8. The van der Waals surface area contributed by atoms with Crippen molar-refractivity contribution < 1.29 is 80.2 Å². The molecule has 3 N–H and O–H groups in total. The second-order valence-electron chi connectivity index (χ2n) is 27.4. The Kier molecular flexibility index (Phi) is 61.5. The number of unbranched alkanes of at least 4 members (excludes halogenated alkanes) is 38. The summed E-state index contributed by atoms with van der Waals surface area (Å²) >= 11 is 0. The molecule has 0 bridgehead atoms. The molecule has 0 fully saturated rings. The van der Waals surface area contributed by atoms with Gasteiger partial charge in [0.05, 0.1) is 26.4 Å². The van der Waals surface area contributed by atoms with Crippen LogP contribution in [0.15, 0.2) is 0 Å². The molecule has 0 aromatic heterocycles. The highest BCUT2D eigenvalue weighted by Gasteiger charge is 2.30. The van der Waals surface area contributed by atoms with Gasteiger partial charge in [-0.1, -0.05) is 312 Å². The molecule has 17 nitrogen and oxygen atoms in total. The van der Waals surface area contributed by atoms with Crippen LogP contribution in [0.5, 0.6) is 0 Å². The molecule has 91 heavy (non-hydrogen) atoms. The van der Waals surface area contributed by atoms with Crippen molar-refractivity contribution in [3.05, 3.63) is 0 Å². The van der Waals surface area contributed by atoms with Gasteiger partial charge in [-0.15, -0.1) is 0 Å². The molecule has 0 saturated carbocycles. The van der Waals surface area contributed by atoms with E-state index in [2.05, 4.69) is 48.5 Å². The van der Waals surface area contributed by atoms with E-state index >= 15 is 0 Å². The van der Waals surface area contributed by atoms with Gasteiger partial charge in [0.1, 0.15) is 19.3 Å². The van der Waals surface area contributed by atoms with E-state index in [1.54, 1.807) is 0 Å². The highest BCUT2D eigenvalue weighted by molar-refractivity contribution is 7.47. The van der Waals surface area contributed by atoms with Crippen LogP contribution < -0.4 is 0 Å². The van der Waals surface area contributed by atoms with Gasteiger partial charge >= 0.3 is 39.5 Å². The van der Waals surface area contributed by atoms with E-state index in [4.69, 9.17) is 37.0 Å². The maximum absolute atomic E-state index is 13.0. The van der Waals surface area contributed by atoms with Gasteiger partial charge in [0.25, 0.3) is 0 Å². The molecule has 0 heterocycles. The quantitative estimate of drug-likeness (QED) is 0.0222. The van der Waals surface area contributed by atoms with Crippen LogP contribution in [0.1, 0.15) is 363 Å². The lowest BCUT2D eigenvalue weighted by Gasteiger charge is -2.21. The number of hydrogen-bond acceptors (Lipinski definition) is 15. The van der Waals surface area contributed by atoms with Crippen LogP contribution in [-0.4, -0.2) is 96.7 Å². The van der Waals surface area contributed by atoms with E-state index in [1.165, 1.54) is 167 Å². The van der Waals surface area contributed by atoms with Crippen LogP contribution in [0.25, 0.3) is 0 Å². The first-order valence-electron chi connectivity index (χ1n) is 37.3. The van der Waals surface area contributed by atoms with Crippen LogP contribution >= 0.6 is 15.6 Å². The molecule has 0 aliphatic rings. The number of aliphatic hydroxyl groups excluding tert-OH is 1. The summed E-state index contributed by atoms with van der Waals surface area (Å²) in [5.74, 6) is 0.0805. The van der Waals surface area contributed by atoms with E-state index in [0.29, 0.717) is 31.6 Å². The molecule has 0 spiro atoms. The van der Waals surface area contributed by atoms with Gasteiger partial charge in [-0.3, -0.25) is 37.3 Å². The number of ether oxygens (including phenoxy) is 4. The van der Waals surface area contributed by atoms with Gasteiger partial charge in [-0.25, -0.2) is 9.13 Å². The molecule has 19 heteroatoms. The largest absolute Gasteiger partial charge is 0.472 e. The molecule has 5 atom stereocenters. The average molecular weight is 1340 g/mol. The lowest BCUT2D eigenvalue weighted by Crippen LogP contribution is -2.30. The maximum atomic E-state index is 13.0. The fourth-order valence-electron chi connectivity index (χ4n) is 10.9. The van der Waals surface area contributed by atoms with Gasteiger partial charge in [-0.05, 0) is 43.4 Å². The van der Waals surface area contributed by atoms with Crippen molar-refractivity contribution in [2.24, 2.45) is 17.8 Å². The summed E-state index contributed by atoms with van der Waals surface area (Å²) in [4.78, 5) is 72.5. The topological polar surface area (TPSA) is 237 Å². The number of phosphoric acid groups is 2. The standard InChI is InChI=1S/C72H140O17P2/c1-8-9-10-11-12-13-14-22-25-31-39-46-53-69(74)82-59-67(88-71(76)55-48-41-32-26-23-20-18-16-15-17-19-21-24-29-36-43-50-63(2)3)61-86-90(78,79)84-57-66(73)58-85-91(80,81)87-62-68(60-83-70(75)54-47-40-35-34-38-45-52-65(6)7)89-72(77)56-49-42-33-28-27-30-37-44-51-64(4)5/h63-68,73H,8-62H2,1-7H3,(H,78,79)(H,80,81)/t66-,67-,68-/m1/s1. The molecule has 0 aromatic carbocycles. The summed E-state index contributed by atoms with van der Waals surface area (Å²) in [7, 11) is -9.90. The van der Waals surface area contributed by atoms with Crippen LogP contribution in [0.3, 0.4) is 0 Å². The van der Waals surface area contributed by atoms with Gasteiger partial charge in [0.15, 0.2) is 12.2 Å². The first-order valence-corrected chi connectivity index (χ1v) is 40.3. The van der Waals surface area contributed by atoms with Crippen molar-refractivity contribution in [2.45, 2.75) is 381 Å². The van der Waals surface area contributed by atoms with Crippen LogP contribution in [-0.2, 0) is 65.4 Å². The van der Waals surface area contributed by atoms with Crippen molar-refractivity contribution in [2.75, 3.05) is 39.6 Å². The minimum absolute atomic E-state index is 0.103. The summed E-state index contributed by atoms with van der Waals surface area (Å²) in [6.07, 6.45) is 47.4. The Morgan fingerprint density at radius 2 is 0.505 bits per heavy atom. The monoisotopic (exact) mass is 1340 g/mol.